The lowest BCUT2D eigenvalue weighted by Crippen LogP contribution is -2.30. The maximum absolute atomic E-state index is 11.9. The summed E-state index contributed by atoms with van der Waals surface area (Å²) in [5, 5.41) is 21.5. The van der Waals surface area contributed by atoms with Crippen LogP contribution in [0.2, 0.25) is 0 Å². The highest BCUT2D eigenvalue weighted by Gasteiger charge is 2.31. The van der Waals surface area contributed by atoms with Gasteiger partial charge in [0, 0.05) is 23.8 Å². The summed E-state index contributed by atoms with van der Waals surface area (Å²) in [6.45, 7) is 1.44. The molecule has 0 unspecified atom stereocenters. The number of nitro groups is 1. The van der Waals surface area contributed by atoms with Crippen LogP contribution in [-0.2, 0) is 9.59 Å². The molecule has 21 heavy (non-hydrogen) atoms. The van der Waals surface area contributed by atoms with E-state index in [-0.39, 0.29) is 16.9 Å². The van der Waals surface area contributed by atoms with Crippen molar-refractivity contribution in [1.29, 1.82) is 0 Å². The Bertz CT molecular complexity index is 709. The Morgan fingerprint density at radius 1 is 1.33 bits per heavy atom. The van der Waals surface area contributed by atoms with E-state index < -0.39 is 28.5 Å². The molecule has 0 spiro atoms. The Labute approximate surface area is 117 Å². The minimum Gasteiger partial charge on any atom is -0.465 e. The summed E-state index contributed by atoms with van der Waals surface area (Å²) in [5.41, 5.74) is -0.437. The number of benzene rings is 1. The van der Waals surface area contributed by atoms with E-state index in [1.165, 1.54) is 13.0 Å². The van der Waals surface area contributed by atoms with Gasteiger partial charge < -0.3 is 5.11 Å². The number of hydrogen-bond acceptors (Lipinski definition) is 5. The van der Waals surface area contributed by atoms with Crippen LogP contribution in [0.4, 0.5) is 21.9 Å². The second kappa shape index (κ2) is 5.04. The highest BCUT2D eigenvalue weighted by Crippen LogP contribution is 2.30. The molecule has 0 atom stereocenters. The van der Waals surface area contributed by atoms with Gasteiger partial charge in [-0.25, -0.2) is 9.69 Å². The fraction of sp³-hybridized carbons (Fsp3) is 0.0833. The summed E-state index contributed by atoms with van der Waals surface area (Å²) in [6.07, 6.45) is -0.319. The van der Waals surface area contributed by atoms with E-state index in [1.54, 1.807) is 0 Å². The Kier molecular flexibility index (Phi) is 3.40. The van der Waals surface area contributed by atoms with Crippen LogP contribution in [0.15, 0.2) is 29.8 Å². The molecule has 3 amide bonds. The van der Waals surface area contributed by atoms with Crippen molar-refractivity contribution < 1.29 is 24.4 Å². The highest BCUT2D eigenvalue weighted by atomic mass is 16.6. The molecule has 0 aromatic heterocycles. The quantitative estimate of drug-likeness (QED) is 0.493. The lowest BCUT2D eigenvalue weighted by molar-refractivity contribution is -0.384. The molecule has 0 fully saturated rings. The van der Waals surface area contributed by atoms with Crippen molar-refractivity contribution in [2.75, 3.05) is 10.2 Å². The standard InChI is InChI=1S/C12H9N3O6/c1-6-2-10(16)14(11(6)17)8-3-7(13-12(18)19)4-9(5-8)15(20)21/h2-5,13H,1H3,(H,18,19). The number of carboxylic acid groups (broad SMARTS) is 1. The Balaban J connectivity index is 2.51. The van der Waals surface area contributed by atoms with E-state index in [2.05, 4.69) is 0 Å². The van der Waals surface area contributed by atoms with Crippen LogP contribution < -0.4 is 10.2 Å². The molecular formula is C12H9N3O6. The number of carbonyl (C=O) groups is 3. The minimum absolute atomic E-state index is 0.0731. The van der Waals surface area contributed by atoms with Gasteiger partial charge in [0.1, 0.15) is 0 Å². The molecule has 1 aliphatic heterocycles. The van der Waals surface area contributed by atoms with Crippen molar-refractivity contribution in [3.8, 4) is 0 Å². The summed E-state index contributed by atoms with van der Waals surface area (Å²) in [4.78, 5) is 45.1. The lowest BCUT2D eigenvalue weighted by atomic mass is 10.2. The molecule has 1 aromatic carbocycles. The van der Waals surface area contributed by atoms with E-state index in [9.17, 15) is 24.5 Å². The van der Waals surface area contributed by atoms with Crippen LogP contribution in [0.5, 0.6) is 0 Å². The van der Waals surface area contributed by atoms with Crippen LogP contribution in [-0.4, -0.2) is 27.9 Å². The number of anilines is 2. The summed E-state index contributed by atoms with van der Waals surface area (Å²) in [7, 11) is 0. The second-order valence-corrected chi connectivity index (χ2v) is 4.23. The number of hydrogen-bond donors (Lipinski definition) is 2. The summed E-state index contributed by atoms with van der Waals surface area (Å²) < 4.78 is 0. The molecule has 0 bridgehead atoms. The molecule has 1 aliphatic rings. The number of non-ortho nitro benzene ring substituents is 1. The zero-order valence-electron chi connectivity index (χ0n) is 10.7. The Hall–Kier alpha value is -3.23. The first kappa shape index (κ1) is 14.2. The number of nitrogens with one attached hydrogen (secondary N) is 1. The van der Waals surface area contributed by atoms with E-state index in [0.29, 0.717) is 0 Å². The SMILES string of the molecule is CC1=CC(=O)N(c2cc(NC(=O)O)cc([N+](=O)[O-])c2)C1=O. The molecule has 0 aliphatic carbocycles. The maximum atomic E-state index is 11.9. The lowest BCUT2D eigenvalue weighted by Gasteiger charge is -2.15. The predicted molar refractivity (Wildman–Crippen MR) is 71.0 cm³/mol. The fourth-order valence-electron chi connectivity index (χ4n) is 1.86. The number of nitro benzene ring substituents is 1. The monoisotopic (exact) mass is 291 g/mol. The summed E-state index contributed by atoms with van der Waals surface area (Å²) in [6, 6.07) is 3.18. The van der Waals surface area contributed by atoms with Crippen molar-refractivity contribution in [2.24, 2.45) is 0 Å². The van der Waals surface area contributed by atoms with Gasteiger partial charge in [-0.3, -0.25) is 25.0 Å². The van der Waals surface area contributed by atoms with Gasteiger partial charge in [-0.1, -0.05) is 0 Å². The van der Waals surface area contributed by atoms with Crippen LogP contribution in [0.1, 0.15) is 6.92 Å². The van der Waals surface area contributed by atoms with Gasteiger partial charge in [0.15, 0.2) is 0 Å². The second-order valence-electron chi connectivity index (χ2n) is 4.23. The van der Waals surface area contributed by atoms with Crippen LogP contribution in [0.3, 0.4) is 0 Å². The number of rotatable bonds is 3. The summed E-state index contributed by atoms with van der Waals surface area (Å²) >= 11 is 0. The van der Waals surface area contributed by atoms with Crippen molar-refractivity contribution in [3.63, 3.8) is 0 Å². The number of carbonyl (C=O) groups excluding carboxylic acids is 2. The largest absolute Gasteiger partial charge is 0.465 e. The van der Waals surface area contributed by atoms with Gasteiger partial charge in [0.05, 0.1) is 16.3 Å². The first-order valence-corrected chi connectivity index (χ1v) is 5.65. The number of nitrogens with zero attached hydrogens (tertiary/aromatic N) is 2. The average molecular weight is 291 g/mol. The minimum atomic E-state index is -1.42. The number of imide groups is 1. The fourth-order valence-corrected chi connectivity index (χ4v) is 1.86. The zero-order valence-corrected chi connectivity index (χ0v) is 10.7. The van der Waals surface area contributed by atoms with Gasteiger partial charge >= 0.3 is 6.09 Å². The van der Waals surface area contributed by atoms with Crippen molar-refractivity contribution >= 4 is 35.0 Å². The molecule has 0 saturated heterocycles. The van der Waals surface area contributed by atoms with E-state index in [0.717, 1.165) is 23.1 Å². The molecule has 2 N–H and O–H groups in total. The molecular weight excluding hydrogens is 282 g/mol. The normalized spacial score (nSPS) is 14.1. The van der Waals surface area contributed by atoms with E-state index in [4.69, 9.17) is 5.11 Å². The molecule has 1 heterocycles. The smallest absolute Gasteiger partial charge is 0.409 e. The van der Waals surface area contributed by atoms with Crippen LogP contribution in [0, 0.1) is 10.1 Å². The third-order valence-corrected chi connectivity index (χ3v) is 2.72. The first-order valence-electron chi connectivity index (χ1n) is 5.65. The third-order valence-electron chi connectivity index (χ3n) is 2.72. The molecule has 1 aromatic rings. The average Bonchev–Trinajstić information content (AvgIpc) is 2.61. The predicted octanol–water partition coefficient (Wildman–Crippen LogP) is 1.50. The maximum Gasteiger partial charge on any atom is 0.409 e. The van der Waals surface area contributed by atoms with Gasteiger partial charge in [-0.2, -0.15) is 0 Å². The van der Waals surface area contributed by atoms with Gasteiger partial charge in [-0.05, 0) is 13.0 Å². The van der Waals surface area contributed by atoms with E-state index >= 15 is 0 Å². The Morgan fingerprint density at radius 2 is 2.00 bits per heavy atom. The topological polar surface area (TPSA) is 130 Å². The molecule has 0 radical (unpaired) electrons. The van der Waals surface area contributed by atoms with Crippen molar-refractivity contribution in [3.05, 3.63) is 40.0 Å². The molecule has 108 valence electrons. The van der Waals surface area contributed by atoms with Crippen molar-refractivity contribution in [2.45, 2.75) is 6.92 Å². The zero-order chi connectivity index (χ0) is 15.7. The highest BCUT2D eigenvalue weighted by molar-refractivity contribution is 6.30. The number of amides is 3. The van der Waals surface area contributed by atoms with Gasteiger partial charge in [-0.15, -0.1) is 0 Å². The molecule has 0 saturated carbocycles. The van der Waals surface area contributed by atoms with Gasteiger partial charge in [0.25, 0.3) is 17.5 Å². The third kappa shape index (κ3) is 2.71. The van der Waals surface area contributed by atoms with Crippen LogP contribution >= 0.6 is 0 Å². The molecule has 9 heteroatoms. The van der Waals surface area contributed by atoms with Crippen LogP contribution in [0.25, 0.3) is 0 Å². The van der Waals surface area contributed by atoms with Gasteiger partial charge in [0.2, 0.25) is 0 Å². The first-order chi connectivity index (χ1) is 9.79. The molecule has 2 rings (SSSR count). The van der Waals surface area contributed by atoms with E-state index in [1.807, 2.05) is 5.32 Å². The van der Waals surface area contributed by atoms with Crippen molar-refractivity contribution in [1.82, 2.24) is 0 Å². The Morgan fingerprint density at radius 3 is 2.48 bits per heavy atom. The summed E-state index contributed by atoms with van der Waals surface area (Å²) in [5.74, 6) is -1.25. The molecule has 9 nitrogen and oxygen atoms in total.